The van der Waals surface area contributed by atoms with Crippen LogP contribution >= 0.6 is 0 Å². The highest BCUT2D eigenvalue weighted by Gasteiger charge is 2.65. The third-order valence-electron chi connectivity index (χ3n) is 3.76. The zero-order valence-corrected chi connectivity index (χ0v) is 8.54. The summed E-state index contributed by atoms with van der Waals surface area (Å²) < 4.78 is 37.8. The second-order valence-electron chi connectivity index (χ2n) is 5.30. The molecule has 2 aliphatic rings. The number of halogens is 3. The third-order valence-corrected chi connectivity index (χ3v) is 3.76. The standard InChI is InChI=1S/C10H16F3N/c1-8(2)4-3-7(8)14-9(5-6-9)10(11,12)13/h7,14H,3-6H2,1-2H3. The van der Waals surface area contributed by atoms with E-state index in [1.165, 1.54) is 0 Å². The summed E-state index contributed by atoms with van der Waals surface area (Å²) in [4.78, 5) is 0. The first-order valence-electron chi connectivity index (χ1n) is 5.11. The van der Waals surface area contributed by atoms with Crippen LogP contribution in [0.25, 0.3) is 0 Å². The van der Waals surface area contributed by atoms with E-state index in [4.69, 9.17) is 0 Å². The molecule has 1 N–H and O–H groups in total. The average molecular weight is 207 g/mol. The first-order valence-corrected chi connectivity index (χ1v) is 5.11. The van der Waals surface area contributed by atoms with Crippen molar-refractivity contribution in [3.8, 4) is 0 Å². The fourth-order valence-corrected chi connectivity index (χ4v) is 2.10. The van der Waals surface area contributed by atoms with Gasteiger partial charge in [-0.3, -0.25) is 0 Å². The number of alkyl halides is 3. The van der Waals surface area contributed by atoms with Gasteiger partial charge in [-0.2, -0.15) is 13.2 Å². The molecule has 2 aliphatic carbocycles. The van der Waals surface area contributed by atoms with Crippen molar-refractivity contribution in [3.05, 3.63) is 0 Å². The molecular formula is C10H16F3N. The summed E-state index contributed by atoms with van der Waals surface area (Å²) in [6, 6.07) is 0.0478. The zero-order valence-electron chi connectivity index (χ0n) is 8.54. The summed E-state index contributed by atoms with van der Waals surface area (Å²) in [5, 5.41) is 2.81. The van der Waals surface area contributed by atoms with Crippen molar-refractivity contribution < 1.29 is 13.2 Å². The molecule has 2 saturated carbocycles. The van der Waals surface area contributed by atoms with Crippen LogP contribution in [-0.4, -0.2) is 17.8 Å². The van der Waals surface area contributed by atoms with Gasteiger partial charge in [-0.1, -0.05) is 13.8 Å². The molecule has 1 atom stereocenters. The van der Waals surface area contributed by atoms with Crippen LogP contribution in [-0.2, 0) is 0 Å². The van der Waals surface area contributed by atoms with E-state index in [9.17, 15) is 13.2 Å². The van der Waals surface area contributed by atoms with E-state index in [1.54, 1.807) is 0 Å². The molecule has 0 aliphatic heterocycles. The van der Waals surface area contributed by atoms with Crippen LogP contribution in [0, 0.1) is 5.41 Å². The van der Waals surface area contributed by atoms with Crippen LogP contribution in [0.4, 0.5) is 13.2 Å². The van der Waals surface area contributed by atoms with Crippen LogP contribution in [0.3, 0.4) is 0 Å². The summed E-state index contributed by atoms with van der Waals surface area (Å²) in [6.07, 6.45) is -1.66. The molecule has 2 fully saturated rings. The zero-order chi connectivity index (χ0) is 10.6. The van der Waals surface area contributed by atoms with Gasteiger partial charge in [-0.15, -0.1) is 0 Å². The highest BCUT2D eigenvalue weighted by Crippen LogP contribution is 2.52. The van der Waals surface area contributed by atoms with E-state index in [2.05, 4.69) is 5.32 Å². The Hall–Kier alpha value is -0.250. The molecule has 1 nitrogen and oxygen atoms in total. The average Bonchev–Trinajstić information content (AvgIpc) is 2.77. The molecule has 4 heteroatoms. The van der Waals surface area contributed by atoms with Gasteiger partial charge in [0.1, 0.15) is 5.54 Å². The van der Waals surface area contributed by atoms with E-state index in [1.807, 2.05) is 13.8 Å². The second-order valence-corrected chi connectivity index (χ2v) is 5.30. The Kier molecular flexibility index (Phi) is 1.95. The van der Waals surface area contributed by atoms with Crippen molar-refractivity contribution in [3.63, 3.8) is 0 Å². The number of hydrogen-bond acceptors (Lipinski definition) is 1. The summed E-state index contributed by atoms with van der Waals surface area (Å²) in [7, 11) is 0. The maximum Gasteiger partial charge on any atom is 0.406 e. The maximum atomic E-state index is 12.6. The topological polar surface area (TPSA) is 12.0 Å². The van der Waals surface area contributed by atoms with Gasteiger partial charge in [-0.05, 0) is 31.1 Å². The predicted molar refractivity (Wildman–Crippen MR) is 48.0 cm³/mol. The Bertz CT molecular complexity index is 240. The molecule has 0 bridgehead atoms. The molecule has 14 heavy (non-hydrogen) atoms. The minimum Gasteiger partial charge on any atom is -0.300 e. The van der Waals surface area contributed by atoms with Crippen molar-refractivity contribution in [2.24, 2.45) is 5.41 Å². The predicted octanol–water partition coefficient (Wildman–Crippen LogP) is 2.86. The van der Waals surface area contributed by atoms with E-state index < -0.39 is 11.7 Å². The van der Waals surface area contributed by atoms with E-state index in [0.717, 1.165) is 12.8 Å². The first-order chi connectivity index (χ1) is 6.27. The van der Waals surface area contributed by atoms with Crippen LogP contribution in [0.1, 0.15) is 39.5 Å². The van der Waals surface area contributed by atoms with Crippen LogP contribution in [0.5, 0.6) is 0 Å². The van der Waals surface area contributed by atoms with Crippen molar-refractivity contribution in [1.29, 1.82) is 0 Å². The quantitative estimate of drug-likeness (QED) is 0.734. The highest BCUT2D eigenvalue weighted by molar-refractivity contribution is 5.12. The molecule has 0 aromatic rings. The Morgan fingerprint density at radius 3 is 1.93 bits per heavy atom. The molecule has 1 unspecified atom stereocenters. The van der Waals surface area contributed by atoms with Gasteiger partial charge in [0.15, 0.2) is 0 Å². The van der Waals surface area contributed by atoms with Crippen molar-refractivity contribution in [1.82, 2.24) is 5.32 Å². The molecule has 2 rings (SSSR count). The molecule has 0 aromatic heterocycles. The second kappa shape index (κ2) is 2.65. The molecule has 0 saturated heterocycles. The van der Waals surface area contributed by atoms with Crippen LogP contribution in [0.15, 0.2) is 0 Å². The molecule has 0 amide bonds. The Labute approximate surface area is 82.1 Å². The Balaban J connectivity index is 1.99. The molecule has 0 radical (unpaired) electrons. The first kappa shape index (κ1) is 10.3. The number of rotatable bonds is 2. The summed E-state index contributed by atoms with van der Waals surface area (Å²) >= 11 is 0. The Morgan fingerprint density at radius 1 is 1.14 bits per heavy atom. The van der Waals surface area contributed by atoms with Gasteiger partial charge in [0.05, 0.1) is 0 Å². The van der Waals surface area contributed by atoms with Gasteiger partial charge in [-0.25, -0.2) is 0 Å². The van der Waals surface area contributed by atoms with Crippen molar-refractivity contribution in [2.45, 2.75) is 57.3 Å². The molecule has 0 spiro atoms. The smallest absolute Gasteiger partial charge is 0.300 e. The fraction of sp³-hybridized carbons (Fsp3) is 1.00. The molecule has 0 aromatic carbocycles. The number of nitrogens with one attached hydrogen (secondary N) is 1. The van der Waals surface area contributed by atoms with E-state index in [-0.39, 0.29) is 24.3 Å². The summed E-state index contributed by atoms with van der Waals surface area (Å²) in [6.45, 7) is 4.06. The molecule has 82 valence electrons. The lowest BCUT2D eigenvalue weighted by Gasteiger charge is -2.47. The van der Waals surface area contributed by atoms with Gasteiger partial charge in [0, 0.05) is 6.04 Å². The van der Waals surface area contributed by atoms with Gasteiger partial charge < -0.3 is 5.32 Å². The van der Waals surface area contributed by atoms with E-state index >= 15 is 0 Å². The summed E-state index contributed by atoms with van der Waals surface area (Å²) in [5.74, 6) is 0. The lowest BCUT2D eigenvalue weighted by atomic mass is 9.67. The Morgan fingerprint density at radius 2 is 1.71 bits per heavy atom. The van der Waals surface area contributed by atoms with Crippen molar-refractivity contribution in [2.75, 3.05) is 0 Å². The monoisotopic (exact) mass is 207 g/mol. The van der Waals surface area contributed by atoms with Crippen LogP contribution in [0.2, 0.25) is 0 Å². The largest absolute Gasteiger partial charge is 0.406 e. The lowest BCUT2D eigenvalue weighted by molar-refractivity contribution is -0.172. The molecular weight excluding hydrogens is 191 g/mol. The molecule has 0 heterocycles. The fourth-order valence-electron chi connectivity index (χ4n) is 2.10. The minimum absolute atomic E-state index is 0.0425. The van der Waals surface area contributed by atoms with Crippen LogP contribution < -0.4 is 5.32 Å². The van der Waals surface area contributed by atoms with Gasteiger partial charge in [0.25, 0.3) is 0 Å². The minimum atomic E-state index is -4.07. The highest BCUT2D eigenvalue weighted by atomic mass is 19.4. The van der Waals surface area contributed by atoms with E-state index in [0.29, 0.717) is 0 Å². The SMILES string of the molecule is CC1(C)CCC1NC1(C(F)(F)F)CC1. The third kappa shape index (κ3) is 1.44. The summed E-state index contributed by atoms with van der Waals surface area (Å²) in [5.41, 5.74) is -1.49. The number of hydrogen-bond donors (Lipinski definition) is 1. The van der Waals surface area contributed by atoms with Crippen molar-refractivity contribution >= 4 is 0 Å². The maximum absolute atomic E-state index is 12.6. The lowest BCUT2D eigenvalue weighted by Crippen LogP contribution is -2.58. The normalized spacial score (nSPS) is 33.6. The van der Waals surface area contributed by atoms with Gasteiger partial charge >= 0.3 is 6.18 Å². The van der Waals surface area contributed by atoms with Gasteiger partial charge in [0.2, 0.25) is 0 Å².